The van der Waals surface area contributed by atoms with Crippen molar-refractivity contribution in [1.82, 2.24) is 0 Å². The first-order valence-corrected chi connectivity index (χ1v) is 9.80. The van der Waals surface area contributed by atoms with E-state index in [0.29, 0.717) is 0 Å². The third kappa shape index (κ3) is 4.46. The predicted molar refractivity (Wildman–Crippen MR) is 107 cm³/mol. The zero-order valence-electron chi connectivity index (χ0n) is 15.3. The largest absolute Gasteiger partial charge is 0.488 e. The molecule has 0 unspecified atom stereocenters. The summed E-state index contributed by atoms with van der Waals surface area (Å²) < 4.78 is 6.03. The van der Waals surface area contributed by atoms with Gasteiger partial charge in [0.05, 0.1) is 10.9 Å². The third-order valence-corrected chi connectivity index (χ3v) is 6.13. The fraction of sp³-hybridized carbons (Fsp3) is 0.217. The minimum absolute atomic E-state index is 0.113. The predicted octanol–water partition coefficient (Wildman–Crippen LogP) is 6.27. The Hall–Kier alpha value is -2.19. The molecule has 2 heteroatoms. The van der Waals surface area contributed by atoms with Crippen LogP contribution in [0, 0.1) is 6.92 Å². The van der Waals surface area contributed by atoms with Gasteiger partial charge in [-0.3, -0.25) is 0 Å². The van der Waals surface area contributed by atoms with Crippen LogP contribution < -0.4 is 4.74 Å². The van der Waals surface area contributed by atoms with Crippen molar-refractivity contribution in [2.24, 2.45) is 0 Å². The maximum atomic E-state index is 6.03. The second kappa shape index (κ2) is 7.37. The van der Waals surface area contributed by atoms with Gasteiger partial charge in [0.25, 0.3) is 0 Å². The van der Waals surface area contributed by atoms with E-state index in [1.165, 1.54) is 20.2 Å². The molecule has 0 radical (unpaired) electrons. The zero-order chi connectivity index (χ0) is 17.9. The van der Waals surface area contributed by atoms with Gasteiger partial charge in [-0.25, -0.2) is 0 Å². The molecule has 0 spiro atoms. The summed E-state index contributed by atoms with van der Waals surface area (Å²) in [5.41, 5.74) is 1.08. The molecule has 0 atom stereocenters. The molecule has 0 bridgehead atoms. The van der Waals surface area contributed by atoms with E-state index in [0.717, 1.165) is 5.75 Å². The molecule has 0 aliphatic heterocycles. The Bertz CT molecular complexity index is 780. The van der Waals surface area contributed by atoms with Gasteiger partial charge in [-0.1, -0.05) is 36.4 Å². The minimum atomic E-state index is -0.186. The van der Waals surface area contributed by atoms with Gasteiger partial charge < -0.3 is 4.74 Å². The maximum Gasteiger partial charge on any atom is 0.169 e. The van der Waals surface area contributed by atoms with Gasteiger partial charge in [0, 0.05) is 5.56 Å². The van der Waals surface area contributed by atoms with Crippen LogP contribution in [0.4, 0.5) is 0 Å². The van der Waals surface area contributed by atoms with Crippen molar-refractivity contribution in [2.75, 3.05) is 0 Å². The van der Waals surface area contributed by atoms with Crippen LogP contribution in [-0.4, -0.2) is 5.60 Å². The van der Waals surface area contributed by atoms with Gasteiger partial charge in [0.15, 0.2) is 14.7 Å². The van der Waals surface area contributed by atoms with Crippen molar-refractivity contribution in [2.45, 2.75) is 48.0 Å². The Morgan fingerprint density at radius 1 is 0.720 bits per heavy atom. The SMILES string of the molecule is Cc1cc(OC(C)(C)C)ccc1[S+](c1ccccc1)c1ccccc1. The van der Waals surface area contributed by atoms with Crippen LogP contribution in [-0.2, 0) is 10.9 Å². The summed E-state index contributed by atoms with van der Waals surface area (Å²) in [6.07, 6.45) is 0. The summed E-state index contributed by atoms with van der Waals surface area (Å²) >= 11 is 0. The smallest absolute Gasteiger partial charge is 0.169 e. The lowest BCUT2D eigenvalue weighted by molar-refractivity contribution is 0.131. The Morgan fingerprint density at radius 3 is 1.68 bits per heavy atom. The van der Waals surface area contributed by atoms with Crippen molar-refractivity contribution in [3.63, 3.8) is 0 Å². The molecule has 3 rings (SSSR count). The molecule has 3 aromatic rings. The van der Waals surface area contributed by atoms with Gasteiger partial charge in [0.2, 0.25) is 0 Å². The second-order valence-electron chi connectivity index (χ2n) is 7.07. The first-order chi connectivity index (χ1) is 11.9. The molecule has 0 saturated heterocycles. The Labute approximate surface area is 154 Å². The highest BCUT2D eigenvalue weighted by Crippen LogP contribution is 2.34. The van der Waals surface area contributed by atoms with Crippen molar-refractivity contribution in [1.29, 1.82) is 0 Å². The van der Waals surface area contributed by atoms with Crippen molar-refractivity contribution in [3.05, 3.63) is 84.4 Å². The van der Waals surface area contributed by atoms with E-state index in [1.54, 1.807) is 0 Å². The molecular formula is C23H25OS+. The van der Waals surface area contributed by atoms with Crippen LogP contribution in [0.25, 0.3) is 0 Å². The molecule has 0 aromatic heterocycles. The van der Waals surface area contributed by atoms with Crippen molar-refractivity contribution < 1.29 is 4.74 Å². The summed E-state index contributed by atoms with van der Waals surface area (Å²) in [7, 11) is -0.113. The highest BCUT2D eigenvalue weighted by molar-refractivity contribution is 7.97. The molecule has 25 heavy (non-hydrogen) atoms. The second-order valence-corrected chi connectivity index (χ2v) is 9.07. The van der Waals surface area contributed by atoms with Gasteiger partial charge in [-0.2, -0.15) is 0 Å². The molecule has 0 aliphatic carbocycles. The van der Waals surface area contributed by atoms with E-state index >= 15 is 0 Å². The third-order valence-electron chi connectivity index (χ3n) is 3.75. The van der Waals surface area contributed by atoms with Crippen LogP contribution >= 0.6 is 0 Å². The van der Waals surface area contributed by atoms with Gasteiger partial charge >= 0.3 is 0 Å². The molecule has 1 nitrogen and oxygen atoms in total. The fourth-order valence-corrected chi connectivity index (χ4v) is 4.99. The number of aryl methyl sites for hydroxylation is 1. The average Bonchev–Trinajstić information content (AvgIpc) is 2.58. The summed E-state index contributed by atoms with van der Waals surface area (Å²) in [5.74, 6) is 0.929. The highest BCUT2D eigenvalue weighted by atomic mass is 32.2. The van der Waals surface area contributed by atoms with Crippen molar-refractivity contribution in [3.8, 4) is 5.75 Å². The maximum absolute atomic E-state index is 6.03. The van der Waals surface area contributed by atoms with Gasteiger partial charge in [0.1, 0.15) is 11.4 Å². The molecule has 0 amide bonds. The number of ether oxygens (including phenoxy) is 1. The lowest BCUT2D eigenvalue weighted by atomic mass is 10.2. The quantitative estimate of drug-likeness (QED) is 0.505. The molecule has 0 saturated carbocycles. The average molecular weight is 350 g/mol. The Morgan fingerprint density at radius 2 is 1.24 bits per heavy atom. The molecule has 0 aliphatic rings. The Kier molecular flexibility index (Phi) is 5.19. The van der Waals surface area contributed by atoms with Crippen LogP contribution in [0.5, 0.6) is 5.75 Å². The molecule has 0 heterocycles. The monoisotopic (exact) mass is 349 g/mol. The lowest BCUT2D eigenvalue weighted by Crippen LogP contribution is -2.23. The molecule has 0 N–H and O–H groups in total. The lowest BCUT2D eigenvalue weighted by Gasteiger charge is -2.21. The summed E-state index contributed by atoms with van der Waals surface area (Å²) in [4.78, 5) is 4.02. The number of hydrogen-bond donors (Lipinski definition) is 0. The first-order valence-electron chi connectivity index (χ1n) is 8.58. The van der Waals surface area contributed by atoms with E-state index in [4.69, 9.17) is 4.74 Å². The number of rotatable bonds is 4. The number of benzene rings is 3. The van der Waals surface area contributed by atoms with Crippen LogP contribution in [0.2, 0.25) is 0 Å². The summed E-state index contributed by atoms with van der Waals surface area (Å²) in [6.45, 7) is 8.41. The van der Waals surface area contributed by atoms with Gasteiger partial charge in [-0.05, 0) is 70.2 Å². The highest BCUT2D eigenvalue weighted by Gasteiger charge is 2.30. The minimum Gasteiger partial charge on any atom is -0.488 e. The van der Waals surface area contributed by atoms with E-state index in [2.05, 4.69) is 107 Å². The molecule has 3 aromatic carbocycles. The number of hydrogen-bond acceptors (Lipinski definition) is 1. The Balaban J connectivity index is 2.05. The fourth-order valence-electron chi connectivity index (χ4n) is 2.77. The first kappa shape index (κ1) is 17.6. The van der Waals surface area contributed by atoms with Crippen LogP contribution in [0.1, 0.15) is 26.3 Å². The van der Waals surface area contributed by atoms with Crippen LogP contribution in [0.15, 0.2) is 93.5 Å². The molecule has 128 valence electrons. The normalized spacial score (nSPS) is 11.6. The topological polar surface area (TPSA) is 9.23 Å². The van der Waals surface area contributed by atoms with E-state index < -0.39 is 0 Å². The summed E-state index contributed by atoms with van der Waals surface area (Å²) in [5, 5.41) is 0. The standard InChI is InChI=1S/C23H25OS/c1-18-17-19(24-23(2,3)4)15-16-22(18)25(20-11-7-5-8-12-20)21-13-9-6-10-14-21/h5-17H,1-4H3/q+1. The zero-order valence-corrected chi connectivity index (χ0v) is 16.1. The molecule has 0 fully saturated rings. The van der Waals surface area contributed by atoms with Crippen molar-refractivity contribution >= 4 is 10.9 Å². The van der Waals surface area contributed by atoms with E-state index in [1.807, 2.05) is 0 Å². The van der Waals surface area contributed by atoms with E-state index in [-0.39, 0.29) is 16.5 Å². The van der Waals surface area contributed by atoms with E-state index in [9.17, 15) is 0 Å². The van der Waals surface area contributed by atoms with Gasteiger partial charge in [-0.15, -0.1) is 0 Å². The summed E-state index contributed by atoms with van der Waals surface area (Å²) in [6, 6.07) is 28.0. The molecular weight excluding hydrogens is 324 g/mol. The van der Waals surface area contributed by atoms with Crippen LogP contribution in [0.3, 0.4) is 0 Å².